The second-order valence-corrected chi connectivity index (χ2v) is 7.54. The molecule has 2 heterocycles. The van der Waals surface area contributed by atoms with E-state index in [1.165, 1.54) is 11.3 Å². The van der Waals surface area contributed by atoms with Gasteiger partial charge in [-0.2, -0.15) is 4.31 Å². The fraction of sp³-hybridized carbons (Fsp3) is 0.636. The molecule has 1 aliphatic rings. The summed E-state index contributed by atoms with van der Waals surface area (Å²) in [7, 11) is -3.34. The van der Waals surface area contributed by atoms with Gasteiger partial charge in [-0.3, -0.25) is 0 Å². The molecule has 1 aromatic rings. The van der Waals surface area contributed by atoms with Gasteiger partial charge < -0.3 is 5.73 Å². The molecule has 18 heavy (non-hydrogen) atoms. The Bertz CT molecular complexity index is 461. The number of thiophene rings is 1. The van der Waals surface area contributed by atoms with Crippen LogP contribution in [0.3, 0.4) is 0 Å². The van der Waals surface area contributed by atoms with Crippen molar-refractivity contribution in [1.29, 1.82) is 0 Å². The Kier molecular flexibility index (Phi) is 5.61. The number of nitrogens with zero attached hydrogens (tertiary/aromatic N) is 1. The van der Waals surface area contributed by atoms with Crippen molar-refractivity contribution in [1.82, 2.24) is 4.31 Å². The van der Waals surface area contributed by atoms with Crippen LogP contribution in [0.25, 0.3) is 0 Å². The van der Waals surface area contributed by atoms with Gasteiger partial charge in [-0.15, -0.1) is 23.7 Å². The summed E-state index contributed by atoms with van der Waals surface area (Å²) in [6, 6.07) is 3.37. The van der Waals surface area contributed by atoms with Crippen LogP contribution >= 0.6 is 23.7 Å². The van der Waals surface area contributed by atoms with Gasteiger partial charge in [0.25, 0.3) is 10.0 Å². The SMILES string of the molecule is CC1CCCN(S(=O)(=O)c2cccs2)C1CN.Cl. The Labute approximate surface area is 119 Å². The van der Waals surface area contributed by atoms with Crippen LogP contribution < -0.4 is 5.73 Å². The van der Waals surface area contributed by atoms with Crippen molar-refractivity contribution < 1.29 is 8.42 Å². The first-order valence-electron chi connectivity index (χ1n) is 5.83. The summed E-state index contributed by atoms with van der Waals surface area (Å²) >= 11 is 1.27. The zero-order valence-electron chi connectivity index (χ0n) is 10.3. The molecule has 1 aliphatic heterocycles. The Morgan fingerprint density at radius 2 is 2.28 bits per heavy atom. The summed E-state index contributed by atoms with van der Waals surface area (Å²) in [4.78, 5) is 0. The molecule has 0 saturated carbocycles. The Balaban J connectivity index is 0.00000162. The lowest BCUT2D eigenvalue weighted by atomic mass is 9.93. The summed E-state index contributed by atoms with van der Waals surface area (Å²) in [5.74, 6) is 0.337. The summed E-state index contributed by atoms with van der Waals surface area (Å²) in [6.07, 6.45) is 1.97. The van der Waals surface area contributed by atoms with Gasteiger partial charge in [0, 0.05) is 19.1 Å². The first-order chi connectivity index (χ1) is 8.07. The summed E-state index contributed by atoms with van der Waals surface area (Å²) in [5, 5.41) is 1.79. The van der Waals surface area contributed by atoms with Gasteiger partial charge in [0.05, 0.1) is 0 Å². The topological polar surface area (TPSA) is 63.4 Å². The van der Waals surface area contributed by atoms with Crippen LogP contribution in [0.15, 0.2) is 21.7 Å². The number of hydrogen-bond acceptors (Lipinski definition) is 4. The van der Waals surface area contributed by atoms with E-state index in [4.69, 9.17) is 5.73 Å². The molecule has 4 nitrogen and oxygen atoms in total. The largest absolute Gasteiger partial charge is 0.329 e. The number of hydrogen-bond donors (Lipinski definition) is 1. The second-order valence-electron chi connectivity index (χ2n) is 4.47. The summed E-state index contributed by atoms with van der Waals surface area (Å²) < 4.78 is 26.9. The highest BCUT2D eigenvalue weighted by Crippen LogP contribution is 2.30. The van der Waals surface area contributed by atoms with Gasteiger partial charge in [0.15, 0.2) is 0 Å². The van der Waals surface area contributed by atoms with Crippen molar-refractivity contribution in [2.45, 2.75) is 30.0 Å². The lowest BCUT2D eigenvalue weighted by Gasteiger charge is -2.37. The molecular weight excluding hydrogens is 292 g/mol. The van der Waals surface area contributed by atoms with E-state index in [-0.39, 0.29) is 18.4 Å². The molecule has 2 N–H and O–H groups in total. The van der Waals surface area contributed by atoms with Gasteiger partial charge in [0.2, 0.25) is 0 Å². The first kappa shape index (κ1) is 15.9. The minimum absolute atomic E-state index is 0. The second kappa shape index (κ2) is 6.34. The molecule has 1 aromatic heterocycles. The standard InChI is InChI=1S/C11H18N2O2S2.ClH/c1-9-4-2-6-13(10(9)8-12)17(14,15)11-5-3-7-16-11;/h3,5,7,9-10H,2,4,6,8,12H2,1H3;1H. The number of rotatable bonds is 3. The van der Waals surface area contributed by atoms with E-state index in [1.54, 1.807) is 21.8 Å². The fourth-order valence-corrected chi connectivity index (χ4v) is 5.28. The van der Waals surface area contributed by atoms with Crippen LogP contribution in [0.5, 0.6) is 0 Å². The van der Waals surface area contributed by atoms with Crippen LogP contribution in [-0.2, 0) is 10.0 Å². The first-order valence-corrected chi connectivity index (χ1v) is 8.14. The number of nitrogens with two attached hydrogens (primary N) is 1. The van der Waals surface area contributed by atoms with E-state index >= 15 is 0 Å². The lowest BCUT2D eigenvalue weighted by molar-refractivity contribution is 0.193. The van der Waals surface area contributed by atoms with Crippen molar-refractivity contribution in [3.63, 3.8) is 0 Å². The van der Waals surface area contributed by atoms with Crippen LogP contribution in [0, 0.1) is 5.92 Å². The number of piperidine rings is 1. The van der Waals surface area contributed by atoms with E-state index in [9.17, 15) is 8.42 Å². The molecule has 2 atom stereocenters. The maximum atomic E-state index is 12.4. The molecule has 0 amide bonds. The van der Waals surface area contributed by atoms with Crippen LogP contribution in [0.1, 0.15) is 19.8 Å². The zero-order chi connectivity index (χ0) is 12.5. The number of halogens is 1. The predicted molar refractivity (Wildman–Crippen MR) is 76.7 cm³/mol. The average Bonchev–Trinajstić information content (AvgIpc) is 2.82. The van der Waals surface area contributed by atoms with Crippen molar-refractivity contribution in [2.24, 2.45) is 11.7 Å². The molecule has 1 saturated heterocycles. The van der Waals surface area contributed by atoms with Gasteiger partial charge in [0.1, 0.15) is 4.21 Å². The normalized spacial score (nSPS) is 25.7. The molecule has 1 fully saturated rings. The Morgan fingerprint density at radius 1 is 1.56 bits per heavy atom. The minimum atomic E-state index is -3.34. The maximum Gasteiger partial charge on any atom is 0.252 e. The summed E-state index contributed by atoms with van der Waals surface area (Å²) in [5.41, 5.74) is 5.73. The van der Waals surface area contributed by atoms with E-state index in [2.05, 4.69) is 6.92 Å². The monoisotopic (exact) mass is 310 g/mol. The minimum Gasteiger partial charge on any atom is -0.329 e. The molecular formula is C11H19ClN2O2S2. The molecule has 104 valence electrons. The van der Waals surface area contributed by atoms with Crippen molar-refractivity contribution in [3.8, 4) is 0 Å². The van der Waals surface area contributed by atoms with Crippen LogP contribution in [0.4, 0.5) is 0 Å². The van der Waals surface area contributed by atoms with E-state index in [0.717, 1.165) is 12.8 Å². The van der Waals surface area contributed by atoms with Gasteiger partial charge in [-0.1, -0.05) is 13.0 Å². The molecule has 2 unspecified atom stereocenters. The maximum absolute atomic E-state index is 12.4. The molecule has 0 aliphatic carbocycles. The van der Waals surface area contributed by atoms with Crippen molar-refractivity contribution in [3.05, 3.63) is 17.5 Å². The average molecular weight is 311 g/mol. The molecule has 0 aromatic carbocycles. The van der Waals surface area contributed by atoms with Gasteiger partial charge >= 0.3 is 0 Å². The molecule has 7 heteroatoms. The van der Waals surface area contributed by atoms with E-state index in [1.807, 2.05) is 0 Å². The highest BCUT2D eigenvalue weighted by Gasteiger charge is 2.36. The molecule has 0 spiro atoms. The predicted octanol–water partition coefficient (Wildman–Crippen LogP) is 1.92. The smallest absolute Gasteiger partial charge is 0.252 e. The van der Waals surface area contributed by atoms with Crippen molar-refractivity contribution in [2.75, 3.05) is 13.1 Å². The quantitative estimate of drug-likeness (QED) is 0.927. The Hall–Kier alpha value is -0.140. The molecule has 0 radical (unpaired) electrons. The van der Waals surface area contributed by atoms with Crippen LogP contribution in [-0.4, -0.2) is 31.9 Å². The third-order valence-corrected chi connectivity index (χ3v) is 6.66. The molecule has 0 bridgehead atoms. The lowest BCUT2D eigenvalue weighted by Crippen LogP contribution is -2.51. The van der Waals surface area contributed by atoms with Crippen molar-refractivity contribution >= 4 is 33.8 Å². The summed E-state index contributed by atoms with van der Waals surface area (Å²) in [6.45, 7) is 3.06. The van der Waals surface area contributed by atoms with Gasteiger partial charge in [-0.25, -0.2) is 8.42 Å². The van der Waals surface area contributed by atoms with E-state index < -0.39 is 10.0 Å². The zero-order valence-corrected chi connectivity index (χ0v) is 12.7. The third kappa shape index (κ3) is 2.88. The highest BCUT2D eigenvalue weighted by molar-refractivity contribution is 7.91. The third-order valence-electron chi connectivity index (χ3n) is 3.36. The molecule has 2 rings (SSSR count). The Morgan fingerprint density at radius 3 is 2.83 bits per heavy atom. The van der Waals surface area contributed by atoms with Crippen LogP contribution in [0.2, 0.25) is 0 Å². The van der Waals surface area contributed by atoms with E-state index in [0.29, 0.717) is 23.2 Å². The fourth-order valence-electron chi connectivity index (χ4n) is 2.39. The van der Waals surface area contributed by atoms with Gasteiger partial charge in [-0.05, 0) is 30.2 Å². The highest BCUT2D eigenvalue weighted by atomic mass is 35.5. The number of sulfonamides is 1.